The average Bonchev–Trinajstić information content (AvgIpc) is 3.47. The van der Waals surface area contributed by atoms with Crippen molar-refractivity contribution in [2.45, 2.75) is 109 Å². The third kappa shape index (κ3) is 11.3. The Morgan fingerprint density at radius 1 is 0.939 bits per heavy atom. The van der Waals surface area contributed by atoms with Crippen LogP contribution < -0.4 is 10.6 Å². The van der Waals surface area contributed by atoms with Crippen LogP contribution in [0.1, 0.15) is 99.5 Å². The predicted octanol–water partition coefficient (Wildman–Crippen LogP) is 5.76. The van der Waals surface area contributed by atoms with Gasteiger partial charge in [0.15, 0.2) is 5.79 Å². The predicted molar refractivity (Wildman–Crippen MR) is 188 cm³/mol. The second-order valence-corrected chi connectivity index (χ2v) is 12.8. The molecule has 1 aliphatic heterocycles. The third-order valence-electron chi connectivity index (χ3n) is 8.91. The zero-order chi connectivity index (χ0) is 35.1. The van der Waals surface area contributed by atoms with E-state index in [9.17, 15) is 19.5 Å². The Labute approximate surface area is 289 Å². The van der Waals surface area contributed by atoms with E-state index in [2.05, 4.69) is 24.5 Å². The van der Waals surface area contributed by atoms with Crippen molar-refractivity contribution in [1.82, 2.24) is 10.6 Å². The number of nitrogens with one attached hydrogen (secondary N) is 2. The number of aromatic hydroxyl groups is 1. The highest BCUT2D eigenvalue weighted by atomic mass is 16.8. The maximum Gasteiger partial charge on any atom is 0.338 e. The van der Waals surface area contributed by atoms with Gasteiger partial charge in [0.25, 0.3) is 0 Å². The van der Waals surface area contributed by atoms with Crippen LogP contribution in [-0.2, 0) is 30.2 Å². The average molecular weight is 677 g/mol. The van der Waals surface area contributed by atoms with Gasteiger partial charge in [-0.15, -0.1) is 0 Å². The molecular weight excluding hydrogens is 624 g/mol. The number of ether oxygens (including phenoxy) is 3. The molecular formula is C39H52N2O8. The van der Waals surface area contributed by atoms with E-state index in [4.69, 9.17) is 19.3 Å². The molecule has 266 valence electrons. The number of unbranched alkanes of at least 4 members (excludes halogenated alkanes) is 4. The molecule has 1 heterocycles. The first-order chi connectivity index (χ1) is 23.8. The minimum Gasteiger partial charge on any atom is -0.508 e. The summed E-state index contributed by atoms with van der Waals surface area (Å²) in [5.41, 5.74) is 2.52. The zero-order valence-electron chi connectivity index (χ0n) is 28.8. The minimum atomic E-state index is -0.817. The summed E-state index contributed by atoms with van der Waals surface area (Å²) in [7, 11) is 0. The molecule has 3 unspecified atom stereocenters. The van der Waals surface area contributed by atoms with Gasteiger partial charge in [0.2, 0.25) is 11.8 Å². The van der Waals surface area contributed by atoms with Crippen molar-refractivity contribution in [3.63, 3.8) is 0 Å². The van der Waals surface area contributed by atoms with Crippen molar-refractivity contribution < 1.29 is 38.8 Å². The van der Waals surface area contributed by atoms with Crippen molar-refractivity contribution in [3.8, 4) is 5.75 Å². The SMILES string of the molecule is CCCCCC1(CCCCC)OC2C=C(C(=O)NCCC(=O)NCCO)CC(OC(=O)c3ccc(C=CCc4ccccc4O)cc3)C2O1. The van der Waals surface area contributed by atoms with Crippen LogP contribution in [0.3, 0.4) is 0 Å². The fourth-order valence-electron chi connectivity index (χ4n) is 6.23. The molecule has 2 aliphatic rings. The monoisotopic (exact) mass is 676 g/mol. The number of amides is 2. The van der Waals surface area contributed by atoms with Crippen LogP contribution in [0.15, 0.2) is 66.3 Å². The molecule has 10 heteroatoms. The lowest BCUT2D eigenvalue weighted by Gasteiger charge is -2.31. The number of aliphatic hydroxyl groups is 1. The number of carbonyl (C=O) groups excluding carboxylic acids is 3. The van der Waals surface area contributed by atoms with Gasteiger partial charge in [-0.2, -0.15) is 0 Å². The molecule has 1 saturated heterocycles. The maximum atomic E-state index is 13.5. The quantitative estimate of drug-likeness (QED) is 0.109. The highest BCUT2D eigenvalue weighted by molar-refractivity contribution is 5.94. The van der Waals surface area contributed by atoms with Crippen LogP contribution in [0.4, 0.5) is 0 Å². The Morgan fingerprint density at radius 2 is 1.65 bits per heavy atom. The van der Waals surface area contributed by atoms with Crippen LogP contribution in [-0.4, -0.2) is 71.8 Å². The fraction of sp³-hybridized carbons (Fsp3) is 0.513. The highest BCUT2D eigenvalue weighted by Gasteiger charge is 2.52. The summed E-state index contributed by atoms with van der Waals surface area (Å²) in [6.45, 7) is 4.42. The maximum absolute atomic E-state index is 13.5. The highest BCUT2D eigenvalue weighted by Crippen LogP contribution is 2.43. The van der Waals surface area contributed by atoms with Gasteiger partial charge in [0, 0.05) is 44.3 Å². The summed E-state index contributed by atoms with van der Waals surface area (Å²) in [4.78, 5) is 38.7. The van der Waals surface area contributed by atoms with Gasteiger partial charge in [-0.05, 0) is 54.7 Å². The van der Waals surface area contributed by atoms with E-state index in [0.717, 1.165) is 62.5 Å². The molecule has 2 aromatic rings. The molecule has 0 radical (unpaired) electrons. The molecule has 0 saturated carbocycles. The topological polar surface area (TPSA) is 143 Å². The molecule has 49 heavy (non-hydrogen) atoms. The second-order valence-electron chi connectivity index (χ2n) is 12.8. The van der Waals surface area contributed by atoms with Gasteiger partial charge in [0.05, 0.1) is 12.2 Å². The van der Waals surface area contributed by atoms with E-state index in [0.29, 0.717) is 17.6 Å². The number of esters is 1. The Kier molecular flexibility index (Phi) is 14.9. The first-order valence-electron chi connectivity index (χ1n) is 17.7. The third-order valence-corrected chi connectivity index (χ3v) is 8.91. The zero-order valence-corrected chi connectivity index (χ0v) is 28.8. The molecule has 2 aromatic carbocycles. The largest absolute Gasteiger partial charge is 0.508 e. The molecule has 1 fully saturated rings. The smallest absolute Gasteiger partial charge is 0.338 e. The number of phenolic OH excluding ortho intramolecular Hbond substituents is 1. The number of para-hydroxylation sites is 1. The molecule has 3 atom stereocenters. The van der Waals surface area contributed by atoms with E-state index in [1.807, 2.05) is 36.4 Å². The lowest BCUT2D eigenvalue weighted by Crippen LogP contribution is -2.44. The van der Waals surface area contributed by atoms with E-state index in [1.54, 1.807) is 30.3 Å². The standard InChI is InChI=1S/C39H52N2O8/c1-3-5-9-21-39(22-10-6-4-2)48-34-27-31(37(45)41-23-20-35(44)40-24-25-42)26-33(36(34)49-39)47-38(46)30-18-16-28(17-19-30)12-11-14-29-13-7-8-15-32(29)43/h7-8,11-13,15-19,27,33-34,36,42-43H,3-6,9-10,14,20-26H2,1-2H3,(H,40,44)(H,41,45). The molecule has 4 N–H and O–H groups in total. The number of fused-ring (bicyclic) bond motifs is 1. The molecule has 4 rings (SSSR count). The molecule has 1 aliphatic carbocycles. The van der Waals surface area contributed by atoms with Crippen molar-refractivity contribution in [1.29, 1.82) is 0 Å². The summed E-state index contributed by atoms with van der Waals surface area (Å²) in [6, 6.07) is 14.3. The Morgan fingerprint density at radius 3 is 2.33 bits per heavy atom. The minimum absolute atomic E-state index is 0.0704. The summed E-state index contributed by atoms with van der Waals surface area (Å²) in [5.74, 6) is -1.71. The summed E-state index contributed by atoms with van der Waals surface area (Å²) in [6.07, 6.45) is 12.1. The summed E-state index contributed by atoms with van der Waals surface area (Å²) < 4.78 is 19.4. The Balaban J connectivity index is 1.47. The molecule has 0 aromatic heterocycles. The normalized spacial score (nSPS) is 19.7. The lowest BCUT2D eigenvalue weighted by molar-refractivity contribution is -0.190. The van der Waals surface area contributed by atoms with Crippen LogP contribution in [0.5, 0.6) is 5.75 Å². The number of phenols is 1. The van der Waals surface area contributed by atoms with Crippen LogP contribution in [0, 0.1) is 0 Å². The lowest BCUT2D eigenvalue weighted by atomic mass is 9.91. The van der Waals surface area contributed by atoms with Crippen LogP contribution >= 0.6 is 0 Å². The van der Waals surface area contributed by atoms with Crippen molar-refractivity contribution in [2.75, 3.05) is 19.7 Å². The van der Waals surface area contributed by atoms with Gasteiger partial charge in [-0.1, -0.05) is 82.0 Å². The number of hydrogen-bond donors (Lipinski definition) is 4. The van der Waals surface area contributed by atoms with E-state index >= 15 is 0 Å². The number of hydrogen-bond acceptors (Lipinski definition) is 8. The fourth-order valence-corrected chi connectivity index (χ4v) is 6.23. The number of aliphatic hydroxyl groups excluding tert-OH is 1. The molecule has 10 nitrogen and oxygen atoms in total. The van der Waals surface area contributed by atoms with E-state index in [-0.39, 0.29) is 50.1 Å². The van der Waals surface area contributed by atoms with Crippen molar-refractivity contribution >= 4 is 23.9 Å². The van der Waals surface area contributed by atoms with Gasteiger partial charge in [0.1, 0.15) is 24.1 Å². The second kappa shape index (κ2) is 19.3. The molecule has 0 spiro atoms. The van der Waals surface area contributed by atoms with Gasteiger partial charge < -0.3 is 35.1 Å². The number of carbonyl (C=O) groups is 3. The summed E-state index contributed by atoms with van der Waals surface area (Å²) in [5, 5.41) is 24.3. The van der Waals surface area contributed by atoms with Crippen LogP contribution in [0.2, 0.25) is 0 Å². The van der Waals surface area contributed by atoms with E-state index in [1.165, 1.54) is 0 Å². The van der Waals surface area contributed by atoms with Crippen LogP contribution in [0.25, 0.3) is 6.08 Å². The van der Waals surface area contributed by atoms with Gasteiger partial charge >= 0.3 is 5.97 Å². The number of allylic oxidation sites excluding steroid dienone is 1. The van der Waals surface area contributed by atoms with Gasteiger partial charge in [-0.25, -0.2) is 4.79 Å². The summed E-state index contributed by atoms with van der Waals surface area (Å²) >= 11 is 0. The number of benzene rings is 2. The van der Waals surface area contributed by atoms with E-state index < -0.39 is 30.1 Å². The van der Waals surface area contributed by atoms with Gasteiger partial charge in [-0.3, -0.25) is 9.59 Å². The Hall–Kier alpha value is -3.99. The Bertz CT molecular complexity index is 1430. The first-order valence-corrected chi connectivity index (χ1v) is 17.7. The number of rotatable bonds is 19. The van der Waals surface area contributed by atoms with Crippen molar-refractivity contribution in [3.05, 3.63) is 82.9 Å². The van der Waals surface area contributed by atoms with Crippen molar-refractivity contribution in [2.24, 2.45) is 0 Å². The first kappa shape index (κ1) is 37.8. The molecule has 2 amide bonds. The molecule has 0 bridgehead atoms.